The van der Waals surface area contributed by atoms with E-state index in [9.17, 15) is 4.79 Å². The molecule has 3 nitrogen and oxygen atoms in total. The van der Waals surface area contributed by atoms with Crippen LogP contribution in [0.25, 0.3) is 0 Å². The second-order valence-electron chi connectivity index (χ2n) is 7.69. The molecule has 0 aromatic heterocycles. The number of carbonyl (C=O) groups excluding carboxylic acids is 1. The number of hydrogen-bond acceptors (Lipinski definition) is 2. The quantitative estimate of drug-likeness (QED) is 0.921. The average Bonchev–Trinajstić information content (AvgIpc) is 3.17. The largest absolute Gasteiger partial charge is 0.481 e. The molecule has 2 fully saturated rings. The van der Waals surface area contributed by atoms with Crippen molar-refractivity contribution in [2.75, 3.05) is 0 Å². The first kappa shape index (κ1) is 15.0. The third-order valence-electron chi connectivity index (χ3n) is 6.07. The molecule has 1 aromatic carbocycles. The predicted octanol–water partition coefficient (Wildman–Crippen LogP) is 3.64. The Bertz CT molecular complexity index is 597. The number of nitrogens with one attached hydrogen (secondary N) is 1. The Labute approximate surface area is 138 Å². The summed E-state index contributed by atoms with van der Waals surface area (Å²) in [4.78, 5) is 12.4. The third kappa shape index (κ3) is 3.11. The molecule has 0 radical (unpaired) electrons. The molecule has 0 saturated heterocycles. The fourth-order valence-electron chi connectivity index (χ4n) is 4.76. The van der Waals surface area contributed by atoms with Crippen molar-refractivity contribution in [3.05, 3.63) is 29.3 Å². The summed E-state index contributed by atoms with van der Waals surface area (Å²) < 4.78 is 5.92. The SMILES string of the molecule is C[C@H](Oc1ccc2c(c1)CCCC2)C(=O)N[C@@H]1C[C@H]2CC[C@H]1C2. The molecule has 0 unspecified atom stereocenters. The minimum absolute atomic E-state index is 0.0419. The van der Waals surface area contributed by atoms with E-state index in [1.54, 1.807) is 0 Å². The number of ether oxygens (including phenoxy) is 1. The lowest BCUT2D eigenvalue weighted by Crippen LogP contribution is -2.44. The van der Waals surface area contributed by atoms with Crippen molar-refractivity contribution in [3.63, 3.8) is 0 Å². The lowest BCUT2D eigenvalue weighted by molar-refractivity contribution is -0.128. The molecule has 1 N–H and O–H groups in total. The second kappa shape index (κ2) is 6.18. The van der Waals surface area contributed by atoms with Crippen LogP contribution in [0.15, 0.2) is 18.2 Å². The van der Waals surface area contributed by atoms with Crippen molar-refractivity contribution < 1.29 is 9.53 Å². The summed E-state index contributed by atoms with van der Waals surface area (Å²) in [5, 5.41) is 3.23. The molecule has 0 aliphatic heterocycles. The fourth-order valence-corrected chi connectivity index (χ4v) is 4.76. The van der Waals surface area contributed by atoms with Crippen molar-refractivity contribution in [3.8, 4) is 5.75 Å². The van der Waals surface area contributed by atoms with Gasteiger partial charge < -0.3 is 10.1 Å². The van der Waals surface area contributed by atoms with Crippen LogP contribution in [0.4, 0.5) is 0 Å². The zero-order chi connectivity index (χ0) is 15.8. The van der Waals surface area contributed by atoms with Crippen LogP contribution in [-0.2, 0) is 17.6 Å². The van der Waals surface area contributed by atoms with Crippen molar-refractivity contribution in [1.82, 2.24) is 5.32 Å². The Kier molecular flexibility index (Phi) is 4.04. The molecule has 23 heavy (non-hydrogen) atoms. The molecule has 2 bridgehead atoms. The third-order valence-corrected chi connectivity index (χ3v) is 6.07. The lowest BCUT2D eigenvalue weighted by Gasteiger charge is -2.25. The van der Waals surface area contributed by atoms with Crippen LogP contribution >= 0.6 is 0 Å². The molecule has 1 amide bonds. The highest BCUT2D eigenvalue weighted by Gasteiger charge is 2.40. The number of benzene rings is 1. The number of aryl methyl sites for hydroxylation is 2. The van der Waals surface area contributed by atoms with E-state index in [-0.39, 0.29) is 5.91 Å². The van der Waals surface area contributed by atoms with Crippen molar-refractivity contribution in [2.24, 2.45) is 11.8 Å². The van der Waals surface area contributed by atoms with Crippen molar-refractivity contribution >= 4 is 5.91 Å². The minimum atomic E-state index is -0.421. The van der Waals surface area contributed by atoms with Gasteiger partial charge in [0.1, 0.15) is 5.75 Å². The Morgan fingerprint density at radius 3 is 2.74 bits per heavy atom. The first-order valence-electron chi connectivity index (χ1n) is 9.28. The van der Waals surface area contributed by atoms with Gasteiger partial charge in [-0.1, -0.05) is 12.5 Å². The van der Waals surface area contributed by atoms with Crippen LogP contribution in [-0.4, -0.2) is 18.1 Å². The molecule has 1 aromatic rings. The summed E-state index contributed by atoms with van der Waals surface area (Å²) in [7, 11) is 0. The molecular formula is C20H27NO2. The first-order valence-corrected chi connectivity index (χ1v) is 9.28. The van der Waals surface area contributed by atoms with E-state index in [4.69, 9.17) is 4.74 Å². The van der Waals surface area contributed by atoms with E-state index < -0.39 is 6.10 Å². The predicted molar refractivity (Wildman–Crippen MR) is 90.6 cm³/mol. The van der Waals surface area contributed by atoms with E-state index in [0.29, 0.717) is 12.0 Å². The summed E-state index contributed by atoms with van der Waals surface area (Å²) in [6.07, 6.45) is 9.57. The van der Waals surface area contributed by atoms with Gasteiger partial charge in [-0.05, 0) is 87.0 Å². The number of amides is 1. The normalized spacial score (nSPS) is 29.9. The number of fused-ring (bicyclic) bond motifs is 3. The van der Waals surface area contributed by atoms with Crippen LogP contribution in [0.3, 0.4) is 0 Å². The van der Waals surface area contributed by atoms with Gasteiger partial charge in [0.25, 0.3) is 5.91 Å². The fraction of sp³-hybridized carbons (Fsp3) is 0.650. The maximum Gasteiger partial charge on any atom is 0.261 e. The molecule has 3 heteroatoms. The molecule has 4 rings (SSSR count). The highest BCUT2D eigenvalue weighted by molar-refractivity contribution is 5.81. The Morgan fingerprint density at radius 1 is 1.17 bits per heavy atom. The summed E-state index contributed by atoms with van der Waals surface area (Å²) in [5.74, 6) is 2.43. The van der Waals surface area contributed by atoms with Gasteiger partial charge in [-0.3, -0.25) is 4.79 Å². The topological polar surface area (TPSA) is 38.3 Å². The average molecular weight is 313 g/mol. The van der Waals surface area contributed by atoms with Crippen LogP contribution in [0.5, 0.6) is 5.75 Å². The molecule has 0 heterocycles. The maximum atomic E-state index is 12.4. The monoisotopic (exact) mass is 313 g/mol. The standard InChI is InChI=1S/C20H27NO2/c1-13(20(22)21-19-11-14-6-7-17(19)10-14)23-18-9-8-15-4-2-3-5-16(15)12-18/h8-9,12-14,17,19H,2-7,10-11H2,1H3,(H,21,22)/t13-,14-,17-,19+/m0/s1. The van der Waals surface area contributed by atoms with E-state index in [1.165, 1.54) is 56.1 Å². The summed E-state index contributed by atoms with van der Waals surface area (Å²) in [6.45, 7) is 1.86. The van der Waals surface area contributed by atoms with E-state index in [0.717, 1.165) is 18.1 Å². The van der Waals surface area contributed by atoms with Crippen molar-refractivity contribution in [2.45, 2.75) is 70.4 Å². The van der Waals surface area contributed by atoms with Gasteiger partial charge in [-0.25, -0.2) is 0 Å². The summed E-state index contributed by atoms with van der Waals surface area (Å²) in [5.41, 5.74) is 2.84. The van der Waals surface area contributed by atoms with Crippen LogP contribution in [0.2, 0.25) is 0 Å². The molecule has 2 saturated carbocycles. The highest BCUT2D eigenvalue weighted by Crippen LogP contribution is 2.44. The van der Waals surface area contributed by atoms with E-state index in [2.05, 4.69) is 17.4 Å². The Balaban J connectivity index is 1.35. The molecular weight excluding hydrogens is 286 g/mol. The second-order valence-corrected chi connectivity index (χ2v) is 7.69. The Morgan fingerprint density at radius 2 is 2.00 bits per heavy atom. The number of carbonyl (C=O) groups is 1. The zero-order valence-corrected chi connectivity index (χ0v) is 14.0. The molecule has 4 atom stereocenters. The summed E-state index contributed by atoms with van der Waals surface area (Å²) >= 11 is 0. The number of rotatable bonds is 4. The van der Waals surface area contributed by atoms with Crippen LogP contribution in [0, 0.1) is 11.8 Å². The first-order chi connectivity index (χ1) is 11.2. The maximum absolute atomic E-state index is 12.4. The van der Waals surface area contributed by atoms with Gasteiger partial charge in [0.05, 0.1) is 0 Å². The van der Waals surface area contributed by atoms with Gasteiger partial charge >= 0.3 is 0 Å². The highest BCUT2D eigenvalue weighted by atomic mass is 16.5. The zero-order valence-electron chi connectivity index (χ0n) is 14.0. The number of hydrogen-bond donors (Lipinski definition) is 1. The van der Waals surface area contributed by atoms with E-state index >= 15 is 0 Å². The van der Waals surface area contributed by atoms with Gasteiger partial charge in [-0.2, -0.15) is 0 Å². The Hall–Kier alpha value is -1.51. The van der Waals surface area contributed by atoms with Gasteiger partial charge in [-0.15, -0.1) is 0 Å². The smallest absolute Gasteiger partial charge is 0.261 e. The van der Waals surface area contributed by atoms with E-state index in [1.807, 2.05) is 13.0 Å². The minimum Gasteiger partial charge on any atom is -0.481 e. The van der Waals surface area contributed by atoms with Crippen LogP contribution in [0.1, 0.15) is 56.6 Å². The van der Waals surface area contributed by atoms with Gasteiger partial charge in [0.2, 0.25) is 0 Å². The van der Waals surface area contributed by atoms with Crippen LogP contribution < -0.4 is 10.1 Å². The lowest BCUT2D eigenvalue weighted by atomic mass is 9.92. The van der Waals surface area contributed by atoms with Gasteiger partial charge in [0, 0.05) is 6.04 Å². The molecule has 3 aliphatic carbocycles. The summed E-state index contributed by atoms with van der Waals surface area (Å²) in [6, 6.07) is 6.71. The van der Waals surface area contributed by atoms with Crippen molar-refractivity contribution in [1.29, 1.82) is 0 Å². The molecule has 124 valence electrons. The molecule has 0 spiro atoms. The molecule has 3 aliphatic rings. The van der Waals surface area contributed by atoms with Gasteiger partial charge in [0.15, 0.2) is 6.10 Å².